The second-order valence-corrected chi connectivity index (χ2v) is 6.03. The summed E-state index contributed by atoms with van der Waals surface area (Å²) in [6, 6.07) is 0.229. The van der Waals surface area contributed by atoms with Crippen LogP contribution in [0.1, 0.15) is 36.7 Å². The molecular weight excluding hydrogens is 317 g/mol. The van der Waals surface area contributed by atoms with E-state index in [1.54, 1.807) is 11.3 Å². The van der Waals surface area contributed by atoms with E-state index in [2.05, 4.69) is 15.2 Å². The molecule has 3 rings (SSSR count). The number of nitrogens with zero attached hydrogens (tertiary/aromatic N) is 2. The number of hydrogen-bond donors (Lipinski definition) is 1. The molecule has 3 heterocycles. The highest BCUT2D eigenvalue weighted by Crippen LogP contribution is 2.33. The van der Waals surface area contributed by atoms with Gasteiger partial charge in [0.25, 0.3) is 0 Å². The highest BCUT2D eigenvalue weighted by Gasteiger charge is 2.34. The molecular formula is C13H21Cl2N3OS. The lowest BCUT2D eigenvalue weighted by Crippen LogP contribution is -2.42. The number of halogens is 2. The molecule has 0 bridgehead atoms. The van der Waals surface area contributed by atoms with Gasteiger partial charge in [0.2, 0.25) is 5.91 Å². The van der Waals surface area contributed by atoms with E-state index in [1.807, 2.05) is 11.6 Å². The maximum Gasteiger partial charge on any atom is 0.227 e. The number of thiazole rings is 1. The summed E-state index contributed by atoms with van der Waals surface area (Å²) in [5.74, 6) is 0.519. The van der Waals surface area contributed by atoms with Crippen molar-refractivity contribution in [2.75, 3.05) is 19.6 Å². The normalized spacial score (nSPS) is 25.7. The van der Waals surface area contributed by atoms with Crippen molar-refractivity contribution >= 4 is 42.1 Å². The number of hydrogen-bond acceptors (Lipinski definition) is 4. The van der Waals surface area contributed by atoms with Crippen LogP contribution in [0.15, 0.2) is 11.6 Å². The first-order chi connectivity index (χ1) is 8.86. The van der Waals surface area contributed by atoms with E-state index in [4.69, 9.17) is 0 Å². The van der Waals surface area contributed by atoms with Crippen molar-refractivity contribution in [3.05, 3.63) is 16.6 Å². The Morgan fingerprint density at radius 1 is 1.35 bits per heavy atom. The molecule has 1 aromatic rings. The van der Waals surface area contributed by atoms with Gasteiger partial charge in [-0.2, -0.15) is 0 Å². The summed E-state index contributed by atoms with van der Waals surface area (Å²) in [5, 5.41) is 6.39. The van der Waals surface area contributed by atoms with Gasteiger partial charge in [-0.05, 0) is 32.2 Å². The summed E-state index contributed by atoms with van der Waals surface area (Å²) in [6.07, 6.45) is 6.23. The first-order valence-corrected chi connectivity index (χ1v) is 7.65. The van der Waals surface area contributed by atoms with Crippen LogP contribution in [0.2, 0.25) is 0 Å². The molecule has 1 aromatic heterocycles. The van der Waals surface area contributed by atoms with E-state index in [-0.39, 0.29) is 36.8 Å². The van der Waals surface area contributed by atoms with E-state index in [1.165, 1.54) is 6.42 Å². The predicted molar refractivity (Wildman–Crippen MR) is 85.9 cm³/mol. The minimum atomic E-state index is 0. The van der Waals surface area contributed by atoms with Crippen LogP contribution in [-0.4, -0.2) is 35.4 Å². The Hall–Kier alpha value is -0.360. The summed E-state index contributed by atoms with van der Waals surface area (Å²) in [5.41, 5.74) is 0. The molecule has 4 nitrogen and oxygen atoms in total. The second kappa shape index (κ2) is 8.17. The van der Waals surface area contributed by atoms with Crippen LogP contribution in [0.3, 0.4) is 0 Å². The average Bonchev–Trinajstić information content (AvgIpc) is 3.11. The van der Waals surface area contributed by atoms with Gasteiger partial charge in [-0.1, -0.05) is 0 Å². The number of rotatable bonds is 2. The van der Waals surface area contributed by atoms with Crippen molar-refractivity contribution < 1.29 is 4.79 Å². The largest absolute Gasteiger partial charge is 0.333 e. The number of piperidine rings is 1. The molecule has 2 fully saturated rings. The number of aromatic nitrogens is 1. The molecule has 1 N–H and O–H groups in total. The molecule has 1 amide bonds. The highest BCUT2D eigenvalue weighted by molar-refractivity contribution is 7.09. The lowest BCUT2D eigenvalue weighted by molar-refractivity contribution is -0.138. The SMILES string of the molecule is Cl.Cl.O=C(C1CCNC1)N1CCCCC1c1nccs1. The van der Waals surface area contributed by atoms with E-state index in [0.717, 1.165) is 43.9 Å². The van der Waals surface area contributed by atoms with Crippen LogP contribution in [-0.2, 0) is 4.79 Å². The fourth-order valence-corrected chi connectivity index (χ4v) is 3.74. The molecule has 0 aliphatic carbocycles. The van der Waals surface area contributed by atoms with E-state index in [9.17, 15) is 4.79 Å². The summed E-state index contributed by atoms with van der Waals surface area (Å²) in [6.45, 7) is 2.73. The Balaban J connectivity index is 0.000001000. The molecule has 2 aliphatic heterocycles. The summed E-state index contributed by atoms with van der Waals surface area (Å²) >= 11 is 1.67. The van der Waals surface area contributed by atoms with Gasteiger partial charge in [0.15, 0.2) is 0 Å². The lowest BCUT2D eigenvalue weighted by atomic mass is 9.99. The first kappa shape index (κ1) is 17.7. The molecule has 2 unspecified atom stereocenters. The van der Waals surface area contributed by atoms with Gasteiger partial charge >= 0.3 is 0 Å². The summed E-state index contributed by atoms with van der Waals surface area (Å²) in [7, 11) is 0. The molecule has 114 valence electrons. The van der Waals surface area contributed by atoms with Gasteiger partial charge in [0.1, 0.15) is 5.01 Å². The van der Waals surface area contributed by atoms with Gasteiger partial charge in [-0.15, -0.1) is 36.2 Å². The molecule has 20 heavy (non-hydrogen) atoms. The maximum atomic E-state index is 12.6. The third kappa shape index (κ3) is 3.64. The van der Waals surface area contributed by atoms with E-state index < -0.39 is 0 Å². The van der Waals surface area contributed by atoms with Gasteiger partial charge in [0, 0.05) is 24.7 Å². The van der Waals surface area contributed by atoms with Crippen LogP contribution in [0, 0.1) is 5.92 Å². The van der Waals surface area contributed by atoms with Crippen LogP contribution in [0.4, 0.5) is 0 Å². The number of carbonyl (C=O) groups is 1. The summed E-state index contributed by atoms with van der Waals surface area (Å²) < 4.78 is 0. The number of amides is 1. The fourth-order valence-electron chi connectivity index (χ4n) is 2.95. The van der Waals surface area contributed by atoms with Crippen molar-refractivity contribution in [1.82, 2.24) is 15.2 Å². The van der Waals surface area contributed by atoms with Crippen molar-refractivity contribution in [2.45, 2.75) is 31.7 Å². The molecule has 0 radical (unpaired) electrons. The Kier molecular flexibility index (Phi) is 7.23. The molecule has 2 aliphatic rings. The average molecular weight is 338 g/mol. The molecule has 0 aromatic carbocycles. The van der Waals surface area contributed by atoms with Crippen LogP contribution >= 0.6 is 36.2 Å². The second-order valence-electron chi connectivity index (χ2n) is 5.10. The minimum absolute atomic E-state index is 0. The lowest BCUT2D eigenvalue weighted by Gasteiger charge is -2.36. The molecule has 2 saturated heterocycles. The van der Waals surface area contributed by atoms with Crippen molar-refractivity contribution in [1.29, 1.82) is 0 Å². The topological polar surface area (TPSA) is 45.2 Å². The smallest absolute Gasteiger partial charge is 0.227 e. The van der Waals surface area contributed by atoms with E-state index >= 15 is 0 Å². The third-order valence-corrected chi connectivity index (χ3v) is 4.81. The van der Waals surface area contributed by atoms with Crippen LogP contribution < -0.4 is 5.32 Å². The quantitative estimate of drug-likeness (QED) is 0.902. The standard InChI is InChI=1S/C13H19N3OS.2ClH/c17-13(10-4-5-14-9-10)16-7-2-1-3-11(16)12-15-6-8-18-12;;/h6,8,10-11,14H,1-5,7,9H2;2*1H. The zero-order chi connectivity index (χ0) is 12.4. The zero-order valence-electron chi connectivity index (χ0n) is 11.3. The van der Waals surface area contributed by atoms with Gasteiger partial charge in [-0.3, -0.25) is 4.79 Å². The third-order valence-electron chi connectivity index (χ3n) is 3.93. The van der Waals surface area contributed by atoms with Gasteiger partial charge in [-0.25, -0.2) is 4.98 Å². The van der Waals surface area contributed by atoms with Gasteiger partial charge < -0.3 is 10.2 Å². The summed E-state index contributed by atoms with van der Waals surface area (Å²) in [4.78, 5) is 19.1. The number of carbonyl (C=O) groups excluding carboxylic acids is 1. The minimum Gasteiger partial charge on any atom is -0.333 e. The fraction of sp³-hybridized carbons (Fsp3) is 0.692. The van der Waals surface area contributed by atoms with Crippen LogP contribution in [0.5, 0.6) is 0 Å². The van der Waals surface area contributed by atoms with Crippen molar-refractivity contribution in [3.8, 4) is 0 Å². The van der Waals surface area contributed by atoms with Crippen LogP contribution in [0.25, 0.3) is 0 Å². The Morgan fingerprint density at radius 3 is 2.85 bits per heavy atom. The Morgan fingerprint density at radius 2 is 2.20 bits per heavy atom. The zero-order valence-corrected chi connectivity index (χ0v) is 13.7. The van der Waals surface area contributed by atoms with E-state index in [0.29, 0.717) is 5.91 Å². The van der Waals surface area contributed by atoms with Crippen molar-refractivity contribution in [3.63, 3.8) is 0 Å². The molecule has 7 heteroatoms. The molecule has 0 saturated carbocycles. The molecule has 2 atom stereocenters. The Bertz CT molecular complexity index is 410. The Labute approximate surface area is 136 Å². The molecule has 0 spiro atoms. The maximum absolute atomic E-state index is 12.6. The van der Waals surface area contributed by atoms with Gasteiger partial charge in [0.05, 0.1) is 12.0 Å². The first-order valence-electron chi connectivity index (χ1n) is 6.77. The highest BCUT2D eigenvalue weighted by atomic mass is 35.5. The number of nitrogens with one attached hydrogen (secondary N) is 1. The monoisotopic (exact) mass is 337 g/mol. The predicted octanol–water partition coefficient (Wildman–Crippen LogP) is 2.65. The number of likely N-dealkylation sites (tertiary alicyclic amines) is 1. The van der Waals surface area contributed by atoms with Crippen molar-refractivity contribution in [2.24, 2.45) is 5.92 Å².